The zero-order chi connectivity index (χ0) is 33.5. The average Bonchev–Trinajstić information content (AvgIpc) is 3.72. The molecule has 6 N–H and O–H groups in total. The maximum atomic E-state index is 12.4. The molecular weight excluding hydrogens is 680 g/mol. The summed E-state index contributed by atoms with van der Waals surface area (Å²) in [7, 11) is 0. The molecule has 7 rings (SSSR count). The Morgan fingerprint density at radius 2 is 1.48 bits per heavy atom. The van der Waals surface area contributed by atoms with E-state index in [4.69, 9.17) is 9.47 Å². The van der Waals surface area contributed by atoms with Gasteiger partial charge in [0.25, 0.3) is 11.8 Å². The first kappa shape index (κ1) is 33.9. The highest BCUT2D eigenvalue weighted by Gasteiger charge is 2.30. The Bertz CT molecular complexity index is 1660. The van der Waals surface area contributed by atoms with Gasteiger partial charge in [0, 0.05) is 37.8 Å². The van der Waals surface area contributed by atoms with Gasteiger partial charge in [0.05, 0.1) is 58.5 Å². The quantitative estimate of drug-likeness (QED) is 0.146. The van der Waals surface area contributed by atoms with Crippen LogP contribution < -0.4 is 21.3 Å². The minimum Gasteiger partial charge on any atom is -0.369 e. The summed E-state index contributed by atoms with van der Waals surface area (Å²) >= 11 is 3.48. The second kappa shape index (κ2) is 15.9. The molecule has 15 heteroatoms. The molecule has 3 aliphatic rings. The highest BCUT2D eigenvalue weighted by molar-refractivity contribution is 9.10. The number of hydrogen-bond acceptors (Lipinski definition) is 10. The zero-order valence-electron chi connectivity index (χ0n) is 27.0. The number of hydrogen-bond donors (Lipinski definition) is 6. The van der Waals surface area contributed by atoms with E-state index < -0.39 is 0 Å². The number of carbonyl (C=O) groups is 2. The fourth-order valence-corrected chi connectivity index (χ4v) is 6.07. The second-order valence-corrected chi connectivity index (χ2v) is 13.2. The topological polar surface area (TPSA) is 184 Å². The lowest BCUT2D eigenvalue weighted by atomic mass is 10.1. The number of aromatic nitrogens is 6. The van der Waals surface area contributed by atoms with Crippen LogP contribution in [0.5, 0.6) is 0 Å². The maximum Gasteiger partial charge on any atom is 0.277 e. The molecule has 0 spiro atoms. The van der Waals surface area contributed by atoms with Crippen molar-refractivity contribution in [3.05, 3.63) is 81.4 Å². The Morgan fingerprint density at radius 3 is 1.98 bits per heavy atom. The molecular formula is C33H41BrN10O4. The Kier molecular flexibility index (Phi) is 11.2. The number of H-pyrrole nitrogens is 2. The Morgan fingerprint density at radius 1 is 0.875 bits per heavy atom. The van der Waals surface area contributed by atoms with Gasteiger partial charge < -0.3 is 30.7 Å². The number of anilines is 2. The van der Waals surface area contributed by atoms with Crippen molar-refractivity contribution in [2.75, 3.05) is 50.0 Å². The molecule has 2 saturated heterocycles. The van der Waals surface area contributed by atoms with E-state index in [1.807, 2.05) is 24.3 Å². The number of aromatic amines is 2. The summed E-state index contributed by atoms with van der Waals surface area (Å²) in [5.74, 6) is 0.509. The van der Waals surface area contributed by atoms with E-state index >= 15 is 0 Å². The molecule has 3 fully saturated rings. The molecule has 0 bridgehead atoms. The van der Waals surface area contributed by atoms with Gasteiger partial charge in [-0.2, -0.15) is 10.2 Å². The summed E-state index contributed by atoms with van der Waals surface area (Å²) in [6.07, 6.45) is 6.38. The molecule has 1 saturated carbocycles. The molecule has 254 valence electrons. The van der Waals surface area contributed by atoms with E-state index in [2.05, 4.69) is 81.4 Å². The summed E-state index contributed by atoms with van der Waals surface area (Å²) in [6.45, 7) is 8.86. The summed E-state index contributed by atoms with van der Waals surface area (Å²) in [4.78, 5) is 33.4. The van der Waals surface area contributed by atoms with Crippen LogP contribution in [0.1, 0.15) is 88.6 Å². The van der Waals surface area contributed by atoms with Gasteiger partial charge in [-0.15, -0.1) is 0 Å². The number of ether oxygens (including phenoxy) is 2. The maximum absolute atomic E-state index is 12.4. The first-order valence-corrected chi connectivity index (χ1v) is 17.1. The lowest BCUT2D eigenvalue weighted by Crippen LogP contribution is -2.33. The first-order valence-electron chi connectivity index (χ1n) is 16.3. The van der Waals surface area contributed by atoms with Gasteiger partial charge in [-0.3, -0.25) is 29.8 Å². The van der Waals surface area contributed by atoms with E-state index in [1.165, 1.54) is 0 Å². The number of carbonyl (C=O) groups excluding carboxylic acids is 2. The Hall–Kier alpha value is -4.02. The van der Waals surface area contributed by atoms with Crippen LogP contribution in [-0.2, 0) is 15.9 Å². The number of nitrogens with one attached hydrogen (secondary N) is 6. The summed E-state index contributed by atoms with van der Waals surface area (Å²) in [5, 5.41) is 26.3. The van der Waals surface area contributed by atoms with E-state index in [1.54, 1.807) is 18.5 Å². The van der Waals surface area contributed by atoms with Crippen LogP contribution in [0.2, 0.25) is 0 Å². The van der Waals surface area contributed by atoms with Crippen LogP contribution in [0.3, 0.4) is 0 Å². The molecule has 0 unspecified atom stereocenters. The molecule has 1 aliphatic carbocycles. The van der Waals surface area contributed by atoms with Gasteiger partial charge >= 0.3 is 0 Å². The van der Waals surface area contributed by atoms with Crippen molar-refractivity contribution in [1.82, 2.24) is 41.0 Å². The van der Waals surface area contributed by atoms with E-state index in [-0.39, 0.29) is 24.0 Å². The van der Waals surface area contributed by atoms with E-state index in [9.17, 15) is 9.59 Å². The summed E-state index contributed by atoms with van der Waals surface area (Å²) in [5.41, 5.74) is 5.73. The number of halogens is 1. The van der Waals surface area contributed by atoms with Crippen molar-refractivity contribution in [3.63, 3.8) is 0 Å². The Labute approximate surface area is 287 Å². The number of morpholine rings is 2. The summed E-state index contributed by atoms with van der Waals surface area (Å²) < 4.78 is 12.1. The number of pyridine rings is 2. The number of amides is 2. The predicted octanol–water partition coefficient (Wildman–Crippen LogP) is 4.27. The number of rotatable bonds is 9. The van der Waals surface area contributed by atoms with Crippen molar-refractivity contribution in [2.24, 2.45) is 5.92 Å². The van der Waals surface area contributed by atoms with Crippen LogP contribution in [0.15, 0.2) is 47.2 Å². The lowest BCUT2D eigenvalue weighted by molar-refractivity contribution is 0.0250. The summed E-state index contributed by atoms with van der Waals surface area (Å²) in [6, 6.07) is 9.21. The molecule has 4 aromatic heterocycles. The average molecular weight is 722 g/mol. The van der Waals surface area contributed by atoms with Gasteiger partial charge in [0.15, 0.2) is 11.4 Å². The monoisotopic (exact) mass is 720 g/mol. The molecule has 4 aromatic rings. The number of nitrogens with zero attached hydrogens (tertiary/aromatic N) is 4. The zero-order valence-corrected chi connectivity index (χ0v) is 28.6. The molecule has 6 heterocycles. The van der Waals surface area contributed by atoms with E-state index in [0.29, 0.717) is 47.8 Å². The van der Waals surface area contributed by atoms with Crippen LogP contribution in [-0.4, -0.2) is 81.6 Å². The Balaban J connectivity index is 0.000000167. The van der Waals surface area contributed by atoms with Crippen molar-refractivity contribution in [2.45, 2.75) is 51.2 Å². The minimum atomic E-state index is -0.254. The molecule has 2 atom stereocenters. The van der Waals surface area contributed by atoms with Crippen LogP contribution in [0.25, 0.3) is 0 Å². The van der Waals surface area contributed by atoms with Crippen molar-refractivity contribution >= 4 is 39.1 Å². The van der Waals surface area contributed by atoms with Gasteiger partial charge in [0.1, 0.15) is 12.2 Å². The van der Waals surface area contributed by atoms with Crippen molar-refractivity contribution in [1.29, 1.82) is 0 Å². The predicted molar refractivity (Wildman–Crippen MR) is 183 cm³/mol. The molecule has 0 radical (unpaired) electrons. The molecule has 48 heavy (non-hydrogen) atoms. The highest BCUT2D eigenvalue weighted by atomic mass is 79.9. The van der Waals surface area contributed by atoms with Gasteiger partial charge in [-0.1, -0.05) is 13.8 Å². The van der Waals surface area contributed by atoms with Gasteiger partial charge in [-0.05, 0) is 71.4 Å². The highest BCUT2D eigenvalue weighted by Crippen LogP contribution is 2.43. The third kappa shape index (κ3) is 8.90. The largest absolute Gasteiger partial charge is 0.369 e. The van der Waals surface area contributed by atoms with Crippen LogP contribution in [0, 0.1) is 5.92 Å². The minimum absolute atomic E-state index is 0.0339. The molecule has 14 nitrogen and oxygen atoms in total. The molecule has 0 aromatic carbocycles. The van der Waals surface area contributed by atoms with Crippen molar-refractivity contribution in [3.8, 4) is 0 Å². The van der Waals surface area contributed by atoms with Gasteiger partial charge in [-0.25, -0.2) is 0 Å². The molecule has 2 amide bonds. The first-order chi connectivity index (χ1) is 23.3. The normalized spacial score (nSPS) is 19.3. The standard InChI is InChI=1S/C17H23N5O2.C16H18BrN5O2/c1-11(2)7-13-8-15(22-21-13)17(23)20-12-3-4-14(19-9-12)16-10-18-5-6-24-16;17-13-14(9-1-2-9)21-22-15(13)16(23)20-10-3-4-11(19-7-10)12-8-18-5-6-24-12/h3-4,8-9,11,16,18H,5-7,10H2,1-2H3,(H,20,23)(H,21,22);3-4,7,9,12,18H,1-2,5-6,8H2,(H,20,23)(H,21,22)/t16-;12-/m01/s1. The fraction of sp³-hybridized carbons (Fsp3) is 0.455. The lowest BCUT2D eigenvalue weighted by Gasteiger charge is -2.23. The van der Waals surface area contributed by atoms with Crippen molar-refractivity contribution < 1.29 is 19.1 Å². The third-order valence-corrected chi connectivity index (χ3v) is 8.83. The van der Waals surface area contributed by atoms with Gasteiger partial charge in [0.2, 0.25) is 0 Å². The SMILES string of the molecule is CC(C)Cc1cc(C(=O)Nc2ccc([C@@H]3CNCCO3)nc2)n[nH]1.O=C(Nc1ccc([C@H]2CNCCO2)nc1)c1n[nH]c(C2CC2)c1Br. The second-order valence-electron chi connectivity index (χ2n) is 12.4. The molecule has 2 aliphatic heterocycles. The third-order valence-electron chi connectivity index (χ3n) is 8.03. The van der Waals surface area contributed by atoms with E-state index in [0.717, 1.165) is 72.7 Å². The fourth-order valence-electron chi connectivity index (χ4n) is 5.39. The smallest absolute Gasteiger partial charge is 0.277 e. The van der Waals surface area contributed by atoms with Crippen LogP contribution >= 0.6 is 15.9 Å². The van der Waals surface area contributed by atoms with Crippen LogP contribution in [0.4, 0.5) is 11.4 Å².